The lowest BCUT2D eigenvalue weighted by molar-refractivity contribution is -0.122. The zero-order chi connectivity index (χ0) is 17.1. The summed E-state index contributed by atoms with van der Waals surface area (Å²) in [6, 6.07) is 1.52. The van der Waals surface area contributed by atoms with Crippen LogP contribution in [-0.4, -0.2) is 50.6 Å². The fourth-order valence-electron chi connectivity index (χ4n) is 2.88. The number of amides is 2. The van der Waals surface area contributed by atoms with Crippen molar-refractivity contribution >= 4 is 34.1 Å². The van der Waals surface area contributed by atoms with E-state index in [0.717, 1.165) is 25.1 Å². The van der Waals surface area contributed by atoms with Crippen LogP contribution in [-0.2, 0) is 16.6 Å². The van der Waals surface area contributed by atoms with E-state index in [1.54, 1.807) is 17.9 Å². The summed E-state index contributed by atoms with van der Waals surface area (Å²) < 4.78 is 1.63. The van der Waals surface area contributed by atoms with Crippen LogP contribution in [0.3, 0.4) is 0 Å². The molecule has 1 saturated heterocycles. The molecule has 1 fully saturated rings. The van der Waals surface area contributed by atoms with Gasteiger partial charge >= 0.3 is 0 Å². The molecule has 24 heavy (non-hydrogen) atoms. The van der Waals surface area contributed by atoms with Crippen molar-refractivity contribution in [3.8, 4) is 0 Å². The summed E-state index contributed by atoms with van der Waals surface area (Å²) in [4.78, 5) is 30.6. The first kappa shape index (κ1) is 16.6. The second kappa shape index (κ2) is 7.10. The normalized spacial score (nSPS) is 17.8. The Bertz CT molecular complexity index is 726. The number of hydrogen-bond donors (Lipinski definition) is 2. The Morgan fingerprint density at radius 2 is 2.25 bits per heavy atom. The highest BCUT2D eigenvalue weighted by Crippen LogP contribution is 2.20. The monoisotopic (exact) mass is 348 g/mol. The Morgan fingerprint density at radius 3 is 2.92 bits per heavy atom. The van der Waals surface area contributed by atoms with Crippen molar-refractivity contribution < 1.29 is 9.59 Å². The van der Waals surface area contributed by atoms with E-state index in [0.29, 0.717) is 10.9 Å². The van der Waals surface area contributed by atoms with E-state index in [-0.39, 0.29) is 24.4 Å². The van der Waals surface area contributed by atoms with Gasteiger partial charge in [-0.1, -0.05) is 0 Å². The van der Waals surface area contributed by atoms with Crippen LogP contribution in [0.1, 0.15) is 18.5 Å². The summed E-state index contributed by atoms with van der Waals surface area (Å²) in [5, 5.41) is 12.2. The summed E-state index contributed by atoms with van der Waals surface area (Å²) in [5.41, 5.74) is 0.842. The fourth-order valence-corrected chi connectivity index (χ4v) is 3.41. The molecule has 8 nitrogen and oxygen atoms in total. The lowest BCUT2D eigenvalue weighted by Crippen LogP contribution is -2.43. The maximum Gasteiger partial charge on any atom is 0.243 e. The second-order valence-electron chi connectivity index (χ2n) is 5.80. The minimum atomic E-state index is -0.298. The van der Waals surface area contributed by atoms with Crippen molar-refractivity contribution in [3.05, 3.63) is 23.3 Å². The number of anilines is 2. The number of carbonyl (C=O) groups excluding carboxylic acids is 2. The minimum Gasteiger partial charge on any atom is -0.310 e. The van der Waals surface area contributed by atoms with Gasteiger partial charge in [0, 0.05) is 24.7 Å². The Morgan fingerprint density at radius 1 is 1.42 bits per heavy atom. The number of rotatable bonds is 5. The molecule has 2 aromatic heterocycles. The van der Waals surface area contributed by atoms with Crippen molar-refractivity contribution in [2.45, 2.75) is 25.8 Å². The van der Waals surface area contributed by atoms with Gasteiger partial charge in [-0.15, -0.1) is 11.3 Å². The molecule has 3 rings (SSSR count). The highest BCUT2D eigenvalue weighted by molar-refractivity contribution is 7.13. The largest absolute Gasteiger partial charge is 0.310 e. The first-order valence-electron chi connectivity index (χ1n) is 7.78. The smallest absolute Gasteiger partial charge is 0.243 e. The van der Waals surface area contributed by atoms with Crippen LogP contribution in [0.5, 0.6) is 0 Å². The third kappa shape index (κ3) is 3.80. The molecule has 0 bridgehead atoms. The van der Waals surface area contributed by atoms with E-state index >= 15 is 0 Å². The van der Waals surface area contributed by atoms with Gasteiger partial charge in [0.25, 0.3) is 0 Å². The molecule has 2 N–H and O–H groups in total. The lowest BCUT2D eigenvalue weighted by Gasteiger charge is -2.22. The molecule has 0 radical (unpaired) electrons. The highest BCUT2D eigenvalue weighted by atomic mass is 32.1. The Hall–Kier alpha value is -2.26. The van der Waals surface area contributed by atoms with Crippen molar-refractivity contribution in [2.75, 3.05) is 23.7 Å². The molecule has 0 aliphatic carbocycles. The van der Waals surface area contributed by atoms with Gasteiger partial charge in [-0.05, 0) is 26.3 Å². The third-order valence-electron chi connectivity index (χ3n) is 3.94. The minimum absolute atomic E-state index is 0.105. The predicted octanol–water partition coefficient (Wildman–Crippen LogP) is 1.23. The van der Waals surface area contributed by atoms with Crippen LogP contribution < -0.4 is 10.6 Å². The van der Waals surface area contributed by atoms with Crippen LogP contribution in [0, 0.1) is 6.92 Å². The number of aryl methyl sites for hydroxylation is 2. The standard InChI is InChI=1S/C15H20N6O2S/c1-10-8-12(20(2)19-10)17-13(22)9-21-6-3-4-11(21)14(23)18-15-16-5-7-24-15/h5,7-8,11H,3-4,6,9H2,1-2H3,(H,17,22)(H,16,18,23). The van der Waals surface area contributed by atoms with Gasteiger partial charge in [0.1, 0.15) is 5.82 Å². The van der Waals surface area contributed by atoms with Crippen molar-refractivity contribution in [1.82, 2.24) is 19.7 Å². The van der Waals surface area contributed by atoms with Gasteiger partial charge in [-0.3, -0.25) is 19.2 Å². The number of likely N-dealkylation sites (tertiary alicyclic amines) is 1. The molecular formula is C15H20N6O2S. The highest BCUT2D eigenvalue weighted by Gasteiger charge is 2.32. The van der Waals surface area contributed by atoms with E-state index in [9.17, 15) is 9.59 Å². The quantitative estimate of drug-likeness (QED) is 0.848. The molecule has 0 saturated carbocycles. The zero-order valence-electron chi connectivity index (χ0n) is 13.7. The maximum absolute atomic E-state index is 12.4. The van der Waals surface area contributed by atoms with Gasteiger partial charge < -0.3 is 10.6 Å². The van der Waals surface area contributed by atoms with E-state index in [2.05, 4.69) is 20.7 Å². The molecule has 2 amide bonds. The number of carbonyl (C=O) groups is 2. The summed E-state index contributed by atoms with van der Waals surface area (Å²) in [7, 11) is 1.78. The van der Waals surface area contributed by atoms with Gasteiger partial charge in [-0.2, -0.15) is 5.10 Å². The predicted molar refractivity (Wildman–Crippen MR) is 91.9 cm³/mol. The van der Waals surface area contributed by atoms with Crippen LogP contribution >= 0.6 is 11.3 Å². The van der Waals surface area contributed by atoms with Gasteiger partial charge in [0.2, 0.25) is 11.8 Å². The summed E-state index contributed by atoms with van der Waals surface area (Å²) in [5.74, 6) is 0.402. The average Bonchev–Trinajstić information content (AvgIpc) is 3.22. The number of thiazole rings is 1. The Balaban J connectivity index is 1.58. The first-order chi connectivity index (χ1) is 11.5. The van der Waals surface area contributed by atoms with Crippen LogP contribution in [0.2, 0.25) is 0 Å². The van der Waals surface area contributed by atoms with Crippen LogP contribution in [0.25, 0.3) is 0 Å². The van der Waals surface area contributed by atoms with Crippen molar-refractivity contribution in [3.63, 3.8) is 0 Å². The fraction of sp³-hybridized carbons (Fsp3) is 0.467. The third-order valence-corrected chi connectivity index (χ3v) is 4.63. The zero-order valence-corrected chi connectivity index (χ0v) is 14.5. The number of aromatic nitrogens is 3. The molecule has 1 aliphatic rings. The molecule has 0 aromatic carbocycles. The number of hydrogen-bond acceptors (Lipinski definition) is 6. The van der Waals surface area contributed by atoms with E-state index in [1.807, 2.05) is 23.3 Å². The maximum atomic E-state index is 12.4. The van der Waals surface area contributed by atoms with Crippen molar-refractivity contribution in [1.29, 1.82) is 0 Å². The molecule has 3 heterocycles. The summed E-state index contributed by atoms with van der Waals surface area (Å²) >= 11 is 1.38. The molecule has 0 spiro atoms. The van der Waals surface area contributed by atoms with Crippen LogP contribution in [0.15, 0.2) is 17.6 Å². The molecule has 2 aromatic rings. The Kier molecular flexibility index (Phi) is 4.91. The molecule has 1 atom stereocenters. The van der Waals surface area contributed by atoms with Crippen molar-refractivity contribution in [2.24, 2.45) is 7.05 Å². The topological polar surface area (TPSA) is 92.2 Å². The number of nitrogens with one attached hydrogen (secondary N) is 2. The van der Waals surface area contributed by atoms with E-state index in [4.69, 9.17) is 0 Å². The molecular weight excluding hydrogens is 328 g/mol. The number of nitrogens with zero attached hydrogens (tertiary/aromatic N) is 4. The van der Waals surface area contributed by atoms with E-state index in [1.165, 1.54) is 11.3 Å². The van der Waals surface area contributed by atoms with Crippen LogP contribution in [0.4, 0.5) is 10.9 Å². The van der Waals surface area contributed by atoms with E-state index < -0.39 is 0 Å². The summed E-state index contributed by atoms with van der Waals surface area (Å²) in [6.45, 7) is 2.78. The summed E-state index contributed by atoms with van der Waals surface area (Å²) in [6.07, 6.45) is 3.29. The molecule has 9 heteroatoms. The first-order valence-corrected chi connectivity index (χ1v) is 8.66. The SMILES string of the molecule is Cc1cc(NC(=O)CN2CCCC2C(=O)Nc2nccs2)n(C)n1. The van der Waals surface area contributed by atoms with Gasteiger partial charge in [0.15, 0.2) is 5.13 Å². The second-order valence-corrected chi connectivity index (χ2v) is 6.69. The lowest BCUT2D eigenvalue weighted by atomic mass is 10.2. The Labute approximate surface area is 143 Å². The molecule has 128 valence electrons. The average molecular weight is 348 g/mol. The van der Waals surface area contributed by atoms with Gasteiger partial charge in [-0.25, -0.2) is 4.98 Å². The molecule has 1 unspecified atom stereocenters. The molecule has 1 aliphatic heterocycles. The van der Waals surface area contributed by atoms with Gasteiger partial charge in [0.05, 0.1) is 18.3 Å².